The summed E-state index contributed by atoms with van der Waals surface area (Å²) < 4.78 is 50.6. The Morgan fingerprint density at radius 1 is 1.17 bits per heavy atom. The summed E-state index contributed by atoms with van der Waals surface area (Å²) in [6.45, 7) is 3.64. The molecule has 0 aromatic rings. The van der Waals surface area contributed by atoms with Crippen molar-refractivity contribution < 1.29 is 51.2 Å². The van der Waals surface area contributed by atoms with E-state index in [1.54, 1.807) is 6.92 Å². The summed E-state index contributed by atoms with van der Waals surface area (Å²) in [6, 6.07) is 0. The molecule has 140 valence electrons. The van der Waals surface area contributed by atoms with Crippen molar-refractivity contribution in [3.63, 3.8) is 0 Å². The first kappa shape index (κ1) is 22.4. The van der Waals surface area contributed by atoms with Crippen LogP contribution >= 0.6 is 23.5 Å². The molecule has 0 aromatic heterocycles. The maximum Gasteiger partial charge on any atom is 0.490 e. The Bertz CT molecular complexity index is 569. The minimum absolute atomic E-state index is 0.0973. The second-order valence-electron chi connectivity index (χ2n) is 5.06. The Morgan fingerprint density at radius 2 is 1.75 bits per heavy atom. The molecule has 4 unspecified atom stereocenters. The fourth-order valence-electron chi connectivity index (χ4n) is 1.95. The molecule has 1 saturated heterocycles. The second-order valence-corrected chi connectivity index (χ2v) is 9.48. The van der Waals surface area contributed by atoms with E-state index in [9.17, 15) is 18.6 Å². The van der Waals surface area contributed by atoms with E-state index in [4.69, 9.17) is 27.4 Å². The molecular formula is C8H19BNO11P3. The highest BCUT2D eigenvalue weighted by Crippen LogP contribution is 2.66. The molecule has 1 heterocycles. The van der Waals surface area contributed by atoms with Gasteiger partial charge >= 0.3 is 23.5 Å². The van der Waals surface area contributed by atoms with Crippen LogP contribution in [0, 0.1) is 5.92 Å². The van der Waals surface area contributed by atoms with Crippen LogP contribution in [0.15, 0.2) is 0 Å². The predicted octanol–water partition coefficient (Wildman–Crippen LogP) is 0.486. The largest absolute Gasteiger partial charge is 0.490 e. The molecule has 24 heavy (non-hydrogen) atoms. The Labute approximate surface area is 140 Å². The molecule has 1 fully saturated rings. The lowest BCUT2D eigenvalue weighted by molar-refractivity contribution is -0.0404. The van der Waals surface area contributed by atoms with Crippen LogP contribution < -0.4 is 0 Å². The number of phosphoric ester groups is 1. The third kappa shape index (κ3) is 7.74. The molecule has 5 atom stereocenters. The summed E-state index contributed by atoms with van der Waals surface area (Å²) >= 11 is 0. The van der Waals surface area contributed by atoms with Gasteiger partial charge in [0, 0.05) is 0 Å². The van der Waals surface area contributed by atoms with Crippen molar-refractivity contribution in [3.8, 4) is 0 Å². The van der Waals surface area contributed by atoms with Crippen molar-refractivity contribution in [2.45, 2.75) is 32.6 Å². The van der Waals surface area contributed by atoms with Gasteiger partial charge in [0.15, 0.2) is 7.98 Å². The topological polar surface area (TPSA) is 172 Å². The average molecular weight is 409 g/mol. The molecule has 16 heteroatoms. The first-order valence-electron chi connectivity index (χ1n) is 6.70. The Morgan fingerprint density at radius 3 is 2.25 bits per heavy atom. The molecule has 0 bridgehead atoms. The summed E-state index contributed by atoms with van der Waals surface area (Å²) in [4.78, 5) is 36.7. The molecule has 4 N–H and O–H groups in total. The maximum absolute atomic E-state index is 11.6. The maximum atomic E-state index is 11.6. The Kier molecular flexibility index (Phi) is 7.84. The van der Waals surface area contributed by atoms with Gasteiger partial charge in [-0.05, 0) is 18.9 Å². The van der Waals surface area contributed by atoms with E-state index in [0.717, 1.165) is 0 Å². The van der Waals surface area contributed by atoms with Gasteiger partial charge in [0.25, 0.3) is 0 Å². The second kappa shape index (κ2) is 8.39. The molecule has 0 amide bonds. The molecule has 12 nitrogen and oxygen atoms in total. The summed E-state index contributed by atoms with van der Waals surface area (Å²) in [5.74, 6) is -0.0973. The van der Waals surface area contributed by atoms with Crippen LogP contribution in [0.4, 0.5) is 0 Å². The van der Waals surface area contributed by atoms with Gasteiger partial charge in [-0.25, -0.2) is 13.7 Å². The van der Waals surface area contributed by atoms with Crippen LogP contribution in [0.5, 0.6) is 0 Å². The van der Waals surface area contributed by atoms with Gasteiger partial charge in [-0.3, -0.25) is 4.52 Å². The SMILES string of the molecule is [B]N(CC)C1C[C@H](C)C(COP(=O)(O)OP(=O)(O)OP(=O)(O)O)O1. The molecular weight excluding hydrogens is 390 g/mol. The van der Waals surface area contributed by atoms with E-state index in [1.807, 2.05) is 6.92 Å². The van der Waals surface area contributed by atoms with Crippen LogP contribution in [0.25, 0.3) is 0 Å². The van der Waals surface area contributed by atoms with E-state index in [-0.39, 0.29) is 5.92 Å². The molecule has 1 aliphatic rings. The third-order valence-corrected chi connectivity index (χ3v) is 6.90. The first-order valence-corrected chi connectivity index (χ1v) is 11.2. The fourth-order valence-corrected chi connectivity index (χ4v) is 4.98. The summed E-state index contributed by atoms with van der Waals surface area (Å²) in [5, 5.41) is 0. The predicted molar refractivity (Wildman–Crippen MR) is 80.4 cm³/mol. The van der Waals surface area contributed by atoms with E-state index in [1.165, 1.54) is 4.81 Å². The zero-order valence-corrected chi connectivity index (χ0v) is 15.5. The van der Waals surface area contributed by atoms with Crippen molar-refractivity contribution in [1.82, 2.24) is 4.81 Å². The molecule has 0 saturated carbocycles. The average Bonchev–Trinajstić information content (AvgIpc) is 2.72. The fraction of sp³-hybridized carbons (Fsp3) is 1.00. The highest BCUT2D eigenvalue weighted by molar-refractivity contribution is 7.66. The number of ether oxygens (including phenoxy) is 1. The monoisotopic (exact) mass is 409 g/mol. The minimum atomic E-state index is -5.52. The zero-order valence-electron chi connectivity index (χ0n) is 12.9. The standard InChI is InChI=1S/C8H19BNO11P3/c1-3-10(9)8-4-6(2)7(19-8)5-18-23(14,15)21-24(16,17)20-22(11,12)13/h6-8H,3-5H2,1-2H3,(H,14,15)(H,16,17)(H2,11,12,13)/t6-,7?,8?/m0/s1. The van der Waals surface area contributed by atoms with Crippen LogP contribution in [-0.2, 0) is 31.6 Å². The van der Waals surface area contributed by atoms with Crippen molar-refractivity contribution in [2.24, 2.45) is 5.92 Å². The normalized spacial score (nSPS) is 30.2. The molecule has 1 aliphatic heterocycles. The lowest BCUT2D eigenvalue weighted by Crippen LogP contribution is -2.33. The number of rotatable bonds is 9. The van der Waals surface area contributed by atoms with Gasteiger partial charge in [-0.2, -0.15) is 8.62 Å². The molecule has 0 spiro atoms. The first-order chi connectivity index (χ1) is 10.7. The van der Waals surface area contributed by atoms with Gasteiger partial charge in [0.1, 0.15) is 6.23 Å². The van der Waals surface area contributed by atoms with Gasteiger partial charge in [-0.1, -0.05) is 13.8 Å². The lowest BCUT2D eigenvalue weighted by Gasteiger charge is -2.23. The summed E-state index contributed by atoms with van der Waals surface area (Å²) in [7, 11) is -10.4. The number of hydrogen-bond donors (Lipinski definition) is 4. The van der Waals surface area contributed by atoms with Gasteiger partial charge in [0.2, 0.25) is 0 Å². The summed E-state index contributed by atoms with van der Waals surface area (Å²) in [5.41, 5.74) is 0. The number of phosphoric acid groups is 3. The van der Waals surface area contributed by atoms with Crippen molar-refractivity contribution in [3.05, 3.63) is 0 Å². The van der Waals surface area contributed by atoms with Crippen molar-refractivity contribution >= 4 is 31.4 Å². The van der Waals surface area contributed by atoms with Crippen LogP contribution in [0.2, 0.25) is 0 Å². The molecule has 0 aliphatic carbocycles. The number of hydrogen-bond acceptors (Lipinski definition) is 8. The van der Waals surface area contributed by atoms with E-state index in [0.29, 0.717) is 13.0 Å². The van der Waals surface area contributed by atoms with Gasteiger partial charge in [0.05, 0.1) is 12.7 Å². The van der Waals surface area contributed by atoms with E-state index < -0.39 is 42.4 Å². The zero-order chi connectivity index (χ0) is 18.8. The van der Waals surface area contributed by atoms with Gasteiger partial charge < -0.3 is 29.1 Å². The minimum Gasteiger partial charge on any atom is -0.358 e. The summed E-state index contributed by atoms with van der Waals surface area (Å²) in [6.07, 6.45) is -0.522. The van der Waals surface area contributed by atoms with Crippen molar-refractivity contribution in [2.75, 3.05) is 13.2 Å². The van der Waals surface area contributed by atoms with Crippen molar-refractivity contribution in [1.29, 1.82) is 0 Å². The quantitative estimate of drug-likeness (QED) is 0.307. The molecule has 0 aromatic carbocycles. The van der Waals surface area contributed by atoms with E-state index >= 15 is 0 Å². The Balaban J connectivity index is 2.58. The molecule has 2 radical (unpaired) electrons. The van der Waals surface area contributed by atoms with Crippen LogP contribution in [-0.4, -0.2) is 57.8 Å². The molecule has 1 rings (SSSR count). The Hall–Kier alpha value is 0.395. The highest BCUT2D eigenvalue weighted by Gasteiger charge is 2.42. The van der Waals surface area contributed by atoms with Crippen LogP contribution in [0.1, 0.15) is 20.3 Å². The van der Waals surface area contributed by atoms with Crippen LogP contribution in [0.3, 0.4) is 0 Å². The smallest absolute Gasteiger partial charge is 0.358 e. The lowest BCUT2D eigenvalue weighted by atomic mass is 10.0. The van der Waals surface area contributed by atoms with Gasteiger partial charge in [-0.15, -0.1) is 0 Å². The number of nitrogens with zero attached hydrogens (tertiary/aromatic N) is 1. The highest BCUT2D eigenvalue weighted by atomic mass is 31.3. The third-order valence-electron chi connectivity index (χ3n) is 3.09. The van der Waals surface area contributed by atoms with E-state index in [2.05, 4.69) is 13.1 Å².